The van der Waals surface area contributed by atoms with E-state index in [0.29, 0.717) is 5.57 Å². The Kier molecular flexibility index (Phi) is 4.78. The Bertz CT molecular complexity index is 247. The highest BCUT2D eigenvalue weighted by atomic mass is 16.5. The van der Waals surface area contributed by atoms with E-state index >= 15 is 0 Å². The van der Waals surface area contributed by atoms with Crippen molar-refractivity contribution >= 4 is 12.2 Å². The molecule has 0 aliphatic carbocycles. The fourth-order valence-corrected chi connectivity index (χ4v) is 0.409. The first-order chi connectivity index (χ1) is 6.02. The second-order valence-corrected chi connectivity index (χ2v) is 2.01. The zero-order valence-electron chi connectivity index (χ0n) is 6.86. The molecule has 0 fully saturated rings. The van der Waals surface area contributed by atoms with Crippen LogP contribution in [0.15, 0.2) is 24.5 Å². The molecule has 0 aromatic carbocycles. The number of nitrogens with two attached hydrogens (primary N) is 2. The van der Waals surface area contributed by atoms with Gasteiger partial charge >= 0.3 is 12.2 Å². The zero-order valence-corrected chi connectivity index (χ0v) is 6.86. The predicted octanol–water partition coefficient (Wildman–Crippen LogP) is 0.247. The van der Waals surface area contributed by atoms with E-state index in [2.05, 4.69) is 27.5 Å². The standard InChI is InChI=1S/C7H10N2O4/c1-5(4-13-7(9)11)2-3-12-6(8)10/h2-3H,1,4H2,(H2,8,10)(H2,9,11)/b3-2+. The van der Waals surface area contributed by atoms with Crippen LogP contribution in [0.1, 0.15) is 0 Å². The summed E-state index contributed by atoms with van der Waals surface area (Å²) in [5, 5.41) is 0. The minimum Gasteiger partial charge on any atom is -0.445 e. The lowest BCUT2D eigenvalue weighted by atomic mass is 10.3. The molecule has 13 heavy (non-hydrogen) atoms. The second kappa shape index (κ2) is 5.64. The normalized spacial score (nSPS) is 9.54. The molecule has 4 N–H and O–H groups in total. The predicted molar refractivity (Wildman–Crippen MR) is 44.5 cm³/mol. The third-order valence-electron chi connectivity index (χ3n) is 0.888. The molecule has 0 aromatic heterocycles. The van der Waals surface area contributed by atoms with E-state index < -0.39 is 12.2 Å². The Morgan fingerprint density at radius 1 is 1.31 bits per heavy atom. The first-order valence-electron chi connectivity index (χ1n) is 3.25. The Morgan fingerprint density at radius 2 is 1.92 bits per heavy atom. The molecule has 0 radical (unpaired) electrons. The van der Waals surface area contributed by atoms with Crippen LogP contribution < -0.4 is 11.5 Å². The van der Waals surface area contributed by atoms with Crippen LogP contribution in [-0.4, -0.2) is 18.8 Å². The van der Waals surface area contributed by atoms with Crippen LogP contribution in [-0.2, 0) is 9.47 Å². The van der Waals surface area contributed by atoms with E-state index in [4.69, 9.17) is 0 Å². The van der Waals surface area contributed by atoms with Gasteiger partial charge in [0.25, 0.3) is 0 Å². The molecule has 0 heterocycles. The van der Waals surface area contributed by atoms with Gasteiger partial charge in [0.1, 0.15) is 6.61 Å². The van der Waals surface area contributed by atoms with Gasteiger partial charge in [-0.2, -0.15) is 0 Å². The molecule has 2 amide bonds. The molecule has 0 bridgehead atoms. The van der Waals surface area contributed by atoms with Gasteiger partial charge in [-0.3, -0.25) is 0 Å². The second-order valence-electron chi connectivity index (χ2n) is 2.01. The fourth-order valence-electron chi connectivity index (χ4n) is 0.409. The van der Waals surface area contributed by atoms with Crippen molar-refractivity contribution in [3.05, 3.63) is 24.5 Å². The average Bonchev–Trinajstić information content (AvgIpc) is 2.00. The third-order valence-corrected chi connectivity index (χ3v) is 0.888. The van der Waals surface area contributed by atoms with Crippen LogP contribution in [0.5, 0.6) is 0 Å². The molecule has 0 atom stereocenters. The third kappa shape index (κ3) is 7.92. The summed E-state index contributed by atoms with van der Waals surface area (Å²) in [5.41, 5.74) is 9.76. The van der Waals surface area contributed by atoms with Crippen LogP contribution in [0, 0.1) is 0 Å². The van der Waals surface area contributed by atoms with Crippen molar-refractivity contribution < 1.29 is 19.1 Å². The van der Waals surface area contributed by atoms with Crippen molar-refractivity contribution in [1.82, 2.24) is 0 Å². The SMILES string of the molecule is C=C(/C=C/OC(N)=O)COC(N)=O. The summed E-state index contributed by atoms with van der Waals surface area (Å²) in [4.78, 5) is 20.2. The summed E-state index contributed by atoms with van der Waals surface area (Å²) < 4.78 is 8.62. The van der Waals surface area contributed by atoms with E-state index in [1.807, 2.05) is 0 Å². The lowest BCUT2D eigenvalue weighted by Gasteiger charge is -1.99. The molecule has 0 aromatic rings. The summed E-state index contributed by atoms with van der Waals surface area (Å²) in [6.45, 7) is 3.41. The molecule has 0 rings (SSSR count). The van der Waals surface area contributed by atoms with Gasteiger partial charge in [0.2, 0.25) is 0 Å². The van der Waals surface area contributed by atoms with Gasteiger partial charge in [-0.1, -0.05) is 6.58 Å². The monoisotopic (exact) mass is 186 g/mol. The van der Waals surface area contributed by atoms with Crippen LogP contribution in [0.2, 0.25) is 0 Å². The highest BCUT2D eigenvalue weighted by molar-refractivity contribution is 5.65. The summed E-state index contributed by atoms with van der Waals surface area (Å²) in [6, 6.07) is 0. The largest absolute Gasteiger partial charge is 0.445 e. The molecule has 72 valence electrons. The minimum atomic E-state index is -0.931. The molecular formula is C7H10N2O4. The molecule has 0 aliphatic rings. The Hall–Kier alpha value is -1.98. The van der Waals surface area contributed by atoms with Crippen LogP contribution >= 0.6 is 0 Å². The quantitative estimate of drug-likeness (QED) is 0.484. The molecule has 0 saturated carbocycles. The van der Waals surface area contributed by atoms with Crippen molar-refractivity contribution in [2.24, 2.45) is 11.5 Å². The number of hydrogen-bond acceptors (Lipinski definition) is 4. The Morgan fingerprint density at radius 3 is 2.38 bits per heavy atom. The van der Waals surface area contributed by atoms with Crippen LogP contribution in [0.4, 0.5) is 9.59 Å². The van der Waals surface area contributed by atoms with Crippen molar-refractivity contribution in [3.63, 3.8) is 0 Å². The smallest absolute Gasteiger partial charge is 0.409 e. The van der Waals surface area contributed by atoms with Crippen LogP contribution in [0.3, 0.4) is 0 Å². The maximum Gasteiger partial charge on any atom is 0.409 e. The number of ether oxygens (including phenoxy) is 2. The van der Waals surface area contributed by atoms with E-state index in [-0.39, 0.29) is 6.61 Å². The van der Waals surface area contributed by atoms with E-state index in [9.17, 15) is 9.59 Å². The number of carbonyl (C=O) groups is 2. The topological polar surface area (TPSA) is 105 Å². The molecule has 0 aliphatic heterocycles. The summed E-state index contributed by atoms with van der Waals surface area (Å²) in [7, 11) is 0. The maximum absolute atomic E-state index is 10.1. The highest BCUT2D eigenvalue weighted by Crippen LogP contribution is 1.94. The van der Waals surface area contributed by atoms with Gasteiger partial charge < -0.3 is 20.9 Å². The van der Waals surface area contributed by atoms with Gasteiger partial charge in [-0.25, -0.2) is 9.59 Å². The number of rotatable bonds is 4. The van der Waals surface area contributed by atoms with Gasteiger partial charge in [-0.15, -0.1) is 0 Å². The van der Waals surface area contributed by atoms with Gasteiger partial charge in [0, 0.05) is 0 Å². The van der Waals surface area contributed by atoms with E-state index in [1.54, 1.807) is 0 Å². The average molecular weight is 186 g/mol. The van der Waals surface area contributed by atoms with Gasteiger partial charge in [0.05, 0.1) is 6.26 Å². The number of amides is 2. The molecule has 6 heteroatoms. The number of primary amides is 2. The Labute approximate surface area is 74.8 Å². The molecule has 0 saturated heterocycles. The van der Waals surface area contributed by atoms with Crippen molar-refractivity contribution in [2.75, 3.05) is 6.61 Å². The van der Waals surface area contributed by atoms with Crippen LogP contribution in [0.25, 0.3) is 0 Å². The maximum atomic E-state index is 10.1. The molecule has 0 spiro atoms. The summed E-state index contributed by atoms with van der Waals surface area (Å²) in [6.07, 6.45) is 0.535. The number of carbonyl (C=O) groups excluding carboxylic acids is 2. The first kappa shape index (κ1) is 11.0. The summed E-state index contributed by atoms with van der Waals surface area (Å²) in [5.74, 6) is 0. The van der Waals surface area contributed by atoms with E-state index in [1.165, 1.54) is 6.08 Å². The lowest BCUT2D eigenvalue weighted by Crippen LogP contribution is -2.14. The zero-order chi connectivity index (χ0) is 10.3. The fraction of sp³-hybridized carbons (Fsp3) is 0.143. The molecule has 0 unspecified atom stereocenters. The highest BCUT2D eigenvalue weighted by Gasteiger charge is 1.94. The number of hydrogen-bond donors (Lipinski definition) is 2. The van der Waals surface area contributed by atoms with Crippen molar-refractivity contribution in [2.45, 2.75) is 0 Å². The minimum absolute atomic E-state index is 0.0616. The van der Waals surface area contributed by atoms with Crippen molar-refractivity contribution in [3.8, 4) is 0 Å². The van der Waals surface area contributed by atoms with E-state index in [0.717, 1.165) is 6.26 Å². The van der Waals surface area contributed by atoms with Crippen molar-refractivity contribution in [1.29, 1.82) is 0 Å². The molecule has 6 nitrogen and oxygen atoms in total. The summed E-state index contributed by atoms with van der Waals surface area (Å²) >= 11 is 0. The lowest BCUT2D eigenvalue weighted by molar-refractivity contribution is 0.167. The van der Waals surface area contributed by atoms with Gasteiger partial charge in [0.15, 0.2) is 0 Å². The van der Waals surface area contributed by atoms with Gasteiger partial charge in [-0.05, 0) is 11.6 Å². The first-order valence-corrected chi connectivity index (χ1v) is 3.25. The molecular weight excluding hydrogens is 176 g/mol. The Balaban J connectivity index is 3.67.